The average molecular weight is 240 g/mol. The maximum Gasteiger partial charge on any atom is 0.177 e. The number of hydrogen-bond acceptors (Lipinski definition) is 5. The van der Waals surface area contributed by atoms with Crippen molar-refractivity contribution in [2.45, 2.75) is 0 Å². The number of anilines is 3. The van der Waals surface area contributed by atoms with Gasteiger partial charge in [0.25, 0.3) is 0 Å². The molecule has 0 bridgehead atoms. The molecule has 0 amide bonds. The predicted molar refractivity (Wildman–Crippen MR) is 71.7 cm³/mol. The normalized spacial score (nSPS) is 10.9. The van der Waals surface area contributed by atoms with Crippen LogP contribution in [0.4, 0.5) is 17.2 Å². The summed E-state index contributed by atoms with van der Waals surface area (Å²) in [5.41, 5.74) is 20.7. The summed E-state index contributed by atoms with van der Waals surface area (Å²) in [6, 6.07) is 9.04. The molecule has 3 rings (SSSR count). The quantitative estimate of drug-likeness (QED) is 0.553. The van der Waals surface area contributed by atoms with Crippen LogP contribution >= 0.6 is 0 Å². The zero-order chi connectivity index (χ0) is 12.7. The maximum absolute atomic E-state index is 5.85. The number of rotatable bonds is 1. The maximum atomic E-state index is 5.85. The van der Waals surface area contributed by atoms with Gasteiger partial charge in [-0.2, -0.15) is 0 Å². The van der Waals surface area contributed by atoms with Crippen LogP contribution in [-0.2, 0) is 0 Å². The van der Waals surface area contributed by atoms with Gasteiger partial charge in [-0.1, -0.05) is 12.1 Å². The molecule has 3 aromatic rings. The second kappa shape index (κ2) is 3.63. The van der Waals surface area contributed by atoms with E-state index in [0.717, 1.165) is 11.3 Å². The van der Waals surface area contributed by atoms with E-state index in [0.29, 0.717) is 22.8 Å². The van der Waals surface area contributed by atoms with E-state index in [1.165, 1.54) is 0 Å². The van der Waals surface area contributed by atoms with E-state index >= 15 is 0 Å². The molecule has 1 aromatic carbocycles. The van der Waals surface area contributed by atoms with Crippen molar-refractivity contribution >= 4 is 22.8 Å². The van der Waals surface area contributed by atoms with E-state index in [9.17, 15) is 0 Å². The van der Waals surface area contributed by atoms with Crippen LogP contribution in [0.25, 0.3) is 16.9 Å². The molecule has 90 valence electrons. The fraction of sp³-hybridized carbons (Fsp3) is 0. The number of fused-ring (bicyclic) bond motifs is 1. The van der Waals surface area contributed by atoms with Gasteiger partial charge >= 0.3 is 0 Å². The van der Waals surface area contributed by atoms with Gasteiger partial charge in [0.05, 0.1) is 17.6 Å². The molecule has 0 aliphatic rings. The number of nitrogens with zero attached hydrogens (tertiary/aromatic N) is 3. The Morgan fingerprint density at radius 2 is 1.72 bits per heavy atom. The Labute approximate surface area is 103 Å². The van der Waals surface area contributed by atoms with Crippen LogP contribution in [0.2, 0.25) is 0 Å². The SMILES string of the molecule is Nc1ccc(-c2cn3nc(N)cc(N)c3n2)cc1. The highest BCUT2D eigenvalue weighted by Gasteiger charge is 2.08. The van der Waals surface area contributed by atoms with E-state index in [1.807, 2.05) is 24.3 Å². The van der Waals surface area contributed by atoms with Crippen LogP contribution < -0.4 is 17.2 Å². The smallest absolute Gasteiger partial charge is 0.177 e. The van der Waals surface area contributed by atoms with Gasteiger partial charge in [-0.05, 0) is 12.1 Å². The minimum absolute atomic E-state index is 0.362. The Balaban J connectivity index is 2.19. The third-order valence-corrected chi connectivity index (χ3v) is 2.68. The van der Waals surface area contributed by atoms with Crippen molar-refractivity contribution in [2.24, 2.45) is 0 Å². The van der Waals surface area contributed by atoms with Gasteiger partial charge in [-0.15, -0.1) is 5.10 Å². The van der Waals surface area contributed by atoms with E-state index in [2.05, 4.69) is 10.1 Å². The van der Waals surface area contributed by atoms with Crippen LogP contribution in [0, 0.1) is 0 Å². The van der Waals surface area contributed by atoms with Gasteiger partial charge in [0.2, 0.25) is 0 Å². The molecule has 18 heavy (non-hydrogen) atoms. The predicted octanol–water partition coefficient (Wildman–Crippen LogP) is 1.14. The molecule has 2 aromatic heterocycles. The fourth-order valence-electron chi connectivity index (χ4n) is 1.81. The molecule has 2 heterocycles. The number of nitrogens with two attached hydrogens (primary N) is 3. The molecule has 0 saturated heterocycles. The van der Waals surface area contributed by atoms with Crippen molar-refractivity contribution < 1.29 is 0 Å². The third-order valence-electron chi connectivity index (χ3n) is 2.68. The summed E-state index contributed by atoms with van der Waals surface area (Å²) in [6.45, 7) is 0. The van der Waals surface area contributed by atoms with Gasteiger partial charge in [0, 0.05) is 17.3 Å². The number of nitrogen functional groups attached to an aromatic ring is 3. The second-order valence-corrected chi connectivity index (χ2v) is 4.04. The molecule has 0 spiro atoms. The Bertz CT molecular complexity index is 713. The van der Waals surface area contributed by atoms with Crippen molar-refractivity contribution in [2.75, 3.05) is 17.2 Å². The summed E-state index contributed by atoms with van der Waals surface area (Å²) in [5, 5.41) is 4.13. The summed E-state index contributed by atoms with van der Waals surface area (Å²) in [6.07, 6.45) is 1.79. The molecule has 0 saturated carbocycles. The Hall–Kier alpha value is -2.76. The lowest BCUT2D eigenvalue weighted by Gasteiger charge is -1.97. The lowest BCUT2D eigenvalue weighted by Crippen LogP contribution is -2.00. The minimum Gasteiger partial charge on any atom is -0.399 e. The highest BCUT2D eigenvalue weighted by atomic mass is 15.3. The molecular formula is C12H12N6. The molecule has 0 radical (unpaired) electrons. The first-order valence-corrected chi connectivity index (χ1v) is 5.41. The lowest BCUT2D eigenvalue weighted by atomic mass is 10.1. The van der Waals surface area contributed by atoms with Crippen molar-refractivity contribution in [3.63, 3.8) is 0 Å². The topological polar surface area (TPSA) is 108 Å². The molecule has 0 atom stereocenters. The summed E-state index contributed by atoms with van der Waals surface area (Å²) in [5.74, 6) is 0.362. The van der Waals surface area contributed by atoms with Crippen LogP contribution in [0.5, 0.6) is 0 Å². The Morgan fingerprint density at radius 3 is 2.44 bits per heavy atom. The highest BCUT2D eigenvalue weighted by molar-refractivity contribution is 5.72. The summed E-state index contributed by atoms with van der Waals surface area (Å²) in [4.78, 5) is 4.43. The van der Waals surface area contributed by atoms with Crippen molar-refractivity contribution in [3.05, 3.63) is 36.5 Å². The van der Waals surface area contributed by atoms with Crippen molar-refractivity contribution in [1.29, 1.82) is 0 Å². The molecule has 0 aliphatic heterocycles. The van der Waals surface area contributed by atoms with Gasteiger partial charge < -0.3 is 17.2 Å². The van der Waals surface area contributed by atoms with E-state index < -0.39 is 0 Å². The van der Waals surface area contributed by atoms with Crippen molar-refractivity contribution in [1.82, 2.24) is 14.6 Å². The fourth-order valence-corrected chi connectivity index (χ4v) is 1.81. The molecule has 6 heteroatoms. The molecule has 6 nitrogen and oxygen atoms in total. The lowest BCUT2D eigenvalue weighted by molar-refractivity contribution is 0.948. The number of aromatic nitrogens is 3. The second-order valence-electron chi connectivity index (χ2n) is 4.04. The van der Waals surface area contributed by atoms with Crippen molar-refractivity contribution in [3.8, 4) is 11.3 Å². The molecule has 0 unspecified atom stereocenters. The zero-order valence-electron chi connectivity index (χ0n) is 9.54. The average Bonchev–Trinajstić information content (AvgIpc) is 2.74. The number of imidazole rings is 1. The summed E-state index contributed by atoms with van der Waals surface area (Å²) >= 11 is 0. The number of hydrogen-bond donors (Lipinski definition) is 3. The van der Waals surface area contributed by atoms with Gasteiger partial charge in [0.1, 0.15) is 5.82 Å². The Morgan fingerprint density at radius 1 is 1.00 bits per heavy atom. The summed E-state index contributed by atoms with van der Waals surface area (Å²) in [7, 11) is 0. The van der Waals surface area contributed by atoms with E-state index in [-0.39, 0.29) is 0 Å². The van der Waals surface area contributed by atoms with Gasteiger partial charge in [0.15, 0.2) is 5.65 Å². The first kappa shape index (κ1) is 10.4. The first-order valence-electron chi connectivity index (χ1n) is 5.41. The standard InChI is InChI=1S/C12H12N6/c13-8-3-1-7(2-4-8)10-6-18-12(16-10)9(14)5-11(15)17-18/h1-6H,13-14H2,(H2,15,17). The summed E-state index contributed by atoms with van der Waals surface area (Å²) < 4.78 is 1.58. The monoisotopic (exact) mass is 240 g/mol. The van der Waals surface area contributed by atoms with E-state index in [1.54, 1.807) is 16.8 Å². The van der Waals surface area contributed by atoms with E-state index in [4.69, 9.17) is 17.2 Å². The third kappa shape index (κ3) is 1.60. The zero-order valence-corrected chi connectivity index (χ0v) is 9.54. The number of benzene rings is 1. The van der Waals surface area contributed by atoms with Gasteiger partial charge in [-0.3, -0.25) is 0 Å². The minimum atomic E-state index is 0.362. The molecule has 6 N–H and O–H groups in total. The highest BCUT2D eigenvalue weighted by Crippen LogP contribution is 2.22. The van der Waals surface area contributed by atoms with Crippen LogP contribution in [0.3, 0.4) is 0 Å². The largest absolute Gasteiger partial charge is 0.399 e. The molecule has 0 aliphatic carbocycles. The van der Waals surface area contributed by atoms with Crippen LogP contribution in [-0.4, -0.2) is 14.6 Å². The van der Waals surface area contributed by atoms with Gasteiger partial charge in [-0.25, -0.2) is 9.50 Å². The van der Waals surface area contributed by atoms with Crippen LogP contribution in [0.1, 0.15) is 0 Å². The first-order chi connectivity index (χ1) is 8.63. The molecular weight excluding hydrogens is 228 g/mol. The Kier molecular flexibility index (Phi) is 2.09. The van der Waals surface area contributed by atoms with Crippen LogP contribution in [0.15, 0.2) is 36.5 Å². The molecule has 0 fully saturated rings.